The molecule has 0 saturated heterocycles. The summed E-state index contributed by atoms with van der Waals surface area (Å²) in [5, 5.41) is 10.7. The second-order valence-corrected chi connectivity index (χ2v) is 4.53. The van der Waals surface area contributed by atoms with Gasteiger partial charge in [-0.2, -0.15) is 0 Å². The zero-order valence-corrected chi connectivity index (χ0v) is 8.61. The quantitative estimate of drug-likeness (QED) is 0.733. The molecule has 0 fully saturated rings. The highest BCUT2D eigenvalue weighted by Crippen LogP contribution is 2.33. The van der Waals surface area contributed by atoms with Gasteiger partial charge in [-0.3, -0.25) is 0 Å². The average molecular weight is 192 g/mol. The van der Waals surface area contributed by atoms with Gasteiger partial charge < -0.3 is 5.11 Å². The third-order valence-corrected chi connectivity index (χ3v) is 3.20. The highest BCUT2D eigenvalue weighted by Gasteiger charge is 2.04. The molecule has 68 valence electrons. The van der Waals surface area contributed by atoms with Gasteiger partial charge in [0.25, 0.3) is 0 Å². The molecule has 1 nitrogen and oxygen atoms in total. The maximum atomic E-state index is 9.70. The van der Waals surface area contributed by atoms with Crippen LogP contribution in [-0.2, 0) is 6.42 Å². The minimum Gasteiger partial charge on any atom is -0.507 e. The van der Waals surface area contributed by atoms with Crippen LogP contribution >= 0.6 is 11.3 Å². The van der Waals surface area contributed by atoms with Gasteiger partial charge in [0.1, 0.15) is 5.75 Å². The lowest BCUT2D eigenvalue weighted by molar-refractivity contribution is 0.481. The zero-order chi connectivity index (χ0) is 9.42. The van der Waals surface area contributed by atoms with Crippen molar-refractivity contribution in [2.45, 2.75) is 20.3 Å². The Morgan fingerprint density at radius 2 is 2.08 bits per heavy atom. The van der Waals surface area contributed by atoms with Crippen molar-refractivity contribution in [3.63, 3.8) is 0 Å². The fourth-order valence-corrected chi connectivity index (χ4v) is 2.51. The van der Waals surface area contributed by atoms with Crippen LogP contribution in [0.4, 0.5) is 0 Å². The molecule has 1 aromatic carbocycles. The smallest absolute Gasteiger partial charge is 0.124 e. The van der Waals surface area contributed by atoms with E-state index in [1.807, 2.05) is 12.1 Å². The van der Waals surface area contributed by atoms with Crippen LogP contribution in [0.1, 0.15) is 17.4 Å². The Hall–Kier alpha value is -1.02. The summed E-state index contributed by atoms with van der Waals surface area (Å²) in [6, 6.07) is 6.05. The van der Waals surface area contributed by atoms with Crippen LogP contribution in [0.25, 0.3) is 10.1 Å². The van der Waals surface area contributed by atoms with Gasteiger partial charge >= 0.3 is 0 Å². The summed E-state index contributed by atoms with van der Waals surface area (Å²) in [7, 11) is 0. The third-order valence-electron chi connectivity index (χ3n) is 2.21. The standard InChI is InChI=1S/C11H12OS/c1-3-8-5-10(12)9-4-7(2)13-11(9)6-8/h4-6,12H,3H2,1-2H3. The van der Waals surface area contributed by atoms with E-state index in [1.54, 1.807) is 11.3 Å². The van der Waals surface area contributed by atoms with Crippen LogP contribution in [0, 0.1) is 6.92 Å². The number of hydrogen-bond donors (Lipinski definition) is 1. The Morgan fingerprint density at radius 1 is 1.31 bits per heavy atom. The summed E-state index contributed by atoms with van der Waals surface area (Å²) in [4.78, 5) is 1.25. The van der Waals surface area contributed by atoms with E-state index in [9.17, 15) is 5.11 Å². The molecule has 2 aromatic rings. The number of rotatable bonds is 1. The first-order valence-corrected chi connectivity index (χ1v) is 5.24. The van der Waals surface area contributed by atoms with Crippen LogP contribution in [0.3, 0.4) is 0 Å². The minimum absolute atomic E-state index is 0.415. The van der Waals surface area contributed by atoms with E-state index in [4.69, 9.17) is 0 Å². The van der Waals surface area contributed by atoms with Crippen LogP contribution < -0.4 is 0 Å². The van der Waals surface area contributed by atoms with Crippen molar-refractivity contribution in [1.29, 1.82) is 0 Å². The summed E-state index contributed by atoms with van der Waals surface area (Å²) in [6.07, 6.45) is 0.973. The van der Waals surface area contributed by atoms with E-state index in [0.717, 1.165) is 11.8 Å². The van der Waals surface area contributed by atoms with Crippen LogP contribution in [0.2, 0.25) is 0 Å². The number of aromatic hydroxyl groups is 1. The lowest BCUT2D eigenvalue weighted by atomic mass is 10.1. The molecule has 0 saturated carbocycles. The van der Waals surface area contributed by atoms with Crippen molar-refractivity contribution in [2.24, 2.45) is 0 Å². The Balaban J connectivity index is 2.75. The Bertz CT molecular complexity index is 443. The highest BCUT2D eigenvalue weighted by atomic mass is 32.1. The molecule has 0 radical (unpaired) electrons. The van der Waals surface area contributed by atoms with Gasteiger partial charge in [0.2, 0.25) is 0 Å². The topological polar surface area (TPSA) is 20.2 Å². The van der Waals surface area contributed by atoms with E-state index < -0.39 is 0 Å². The first-order chi connectivity index (χ1) is 6.20. The van der Waals surface area contributed by atoms with Crippen molar-refractivity contribution in [3.8, 4) is 5.75 Å². The van der Waals surface area contributed by atoms with Gasteiger partial charge in [0.05, 0.1) is 0 Å². The van der Waals surface area contributed by atoms with E-state index in [0.29, 0.717) is 5.75 Å². The lowest BCUT2D eigenvalue weighted by Crippen LogP contribution is -1.78. The van der Waals surface area contributed by atoms with Gasteiger partial charge in [0, 0.05) is 15.0 Å². The van der Waals surface area contributed by atoms with Gasteiger partial charge in [-0.1, -0.05) is 6.92 Å². The molecule has 0 aliphatic carbocycles. The summed E-state index contributed by atoms with van der Waals surface area (Å²) < 4.78 is 1.19. The van der Waals surface area contributed by atoms with Crippen molar-refractivity contribution in [3.05, 3.63) is 28.6 Å². The molecular formula is C11H12OS. The number of phenolic OH excluding ortho intramolecular Hbond substituents is 1. The van der Waals surface area contributed by atoms with E-state index in [-0.39, 0.29) is 0 Å². The molecule has 0 spiro atoms. The fraction of sp³-hybridized carbons (Fsp3) is 0.273. The molecule has 2 rings (SSSR count). The second kappa shape index (κ2) is 3.04. The molecule has 1 N–H and O–H groups in total. The summed E-state index contributed by atoms with van der Waals surface area (Å²) >= 11 is 1.74. The molecule has 2 heteroatoms. The molecule has 13 heavy (non-hydrogen) atoms. The molecule has 1 heterocycles. The summed E-state index contributed by atoms with van der Waals surface area (Å²) in [5.74, 6) is 0.415. The Morgan fingerprint density at radius 3 is 2.77 bits per heavy atom. The maximum Gasteiger partial charge on any atom is 0.124 e. The number of fused-ring (bicyclic) bond motifs is 1. The normalized spacial score (nSPS) is 10.9. The van der Waals surface area contributed by atoms with Crippen molar-refractivity contribution < 1.29 is 5.11 Å². The number of aryl methyl sites for hydroxylation is 2. The van der Waals surface area contributed by atoms with Crippen LogP contribution in [0.5, 0.6) is 5.75 Å². The van der Waals surface area contributed by atoms with E-state index >= 15 is 0 Å². The van der Waals surface area contributed by atoms with Crippen LogP contribution in [-0.4, -0.2) is 5.11 Å². The molecule has 0 amide bonds. The van der Waals surface area contributed by atoms with E-state index in [1.165, 1.54) is 15.1 Å². The van der Waals surface area contributed by atoms with Gasteiger partial charge in [-0.15, -0.1) is 11.3 Å². The van der Waals surface area contributed by atoms with Crippen molar-refractivity contribution >= 4 is 21.4 Å². The lowest BCUT2D eigenvalue weighted by Gasteiger charge is -1.99. The van der Waals surface area contributed by atoms with Gasteiger partial charge in [0.15, 0.2) is 0 Å². The predicted octanol–water partition coefficient (Wildman–Crippen LogP) is 3.48. The molecule has 0 aliphatic rings. The minimum atomic E-state index is 0.415. The number of hydrogen-bond acceptors (Lipinski definition) is 2. The fourth-order valence-electron chi connectivity index (χ4n) is 1.51. The first-order valence-electron chi connectivity index (χ1n) is 4.42. The van der Waals surface area contributed by atoms with Crippen LogP contribution in [0.15, 0.2) is 18.2 Å². The Labute approximate surface area is 81.6 Å². The van der Waals surface area contributed by atoms with Crippen molar-refractivity contribution in [1.82, 2.24) is 0 Å². The zero-order valence-electron chi connectivity index (χ0n) is 7.79. The number of thiophene rings is 1. The molecule has 0 aliphatic heterocycles. The maximum absolute atomic E-state index is 9.70. The monoisotopic (exact) mass is 192 g/mol. The Kier molecular flexibility index (Phi) is 2.00. The molecule has 0 bridgehead atoms. The molecule has 0 unspecified atom stereocenters. The average Bonchev–Trinajstić information content (AvgIpc) is 2.46. The number of benzene rings is 1. The highest BCUT2D eigenvalue weighted by molar-refractivity contribution is 7.19. The van der Waals surface area contributed by atoms with Crippen molar-refractivity contribution in [2.75, 3.05) is 0 Å². The largest absolute Gasteiger partial charge is 0.507 e. The molecular weight excluding hydrogens is 180 g/mol. The van der Waals surface area contributed by atoms with Gasteiger partial charge in [-0.25, -0.2) is 0 Å². The SMILES string of the molecule is CCc1cc(O)c2cc(C)sc2c1. The number of phenols is 1. The second-order valence-electron chi connectivity index (χ2n) is 3.24. The first kappa shape index (κ1) is 8.57. The van der Waals surface area contributed by atoms with Gasteiger partial charge in [-0.05, 0) is 37.1 Å². The predicted molar refractivity (Wildman–Crippen MR) is 57.6 cm³/mol. The molecule has 1 aromatic heterocycles. The molecule has 0 atom stereocenters. The van der Waals surface area contributed by atoms with E-state index in [2.05, 4.69) is 19.9 Å². The third kappa shape index (κ3) is 1.42. The summed E-state index contributed by atoms with van der Waals surface area (Å²) in [6.45, 7) is 4.16. The summed E-state index contributed by atoms with van der Waals surface area (Å²) in [5.41, 5.74) is 1.20.